The highest BCUT2D eigenvalue weighted by molar-refractivity contribution is 9.10. The van der Waals surface area contributed by atoms with E-state index in [1.807, 2.05) is 25.1 Å². The molecule has 3 N–H and O–H groups in total. The van der Waals surface area contributed by atoms with E-state index in [0.717, 1.165) is 10.0 Å². The molecule has 0 aliphatic heterocycles. The van der Waals surface area contributed by atoms with Gasteiger partial charge in [0.15, 0.2) is 0 Å². The van der Waals surface area contributed by atoms with Crippen molar-refractivity contribution < 1.29 is 4.74 Å². The van der Waals surface area contributed by atoms with Gasteiger partial charge in [0.25, 0.3) is 0 Å². The summed E-state index contributed by atoms with van der Waals surface area (Å²) in [5, 5.41) is 7.47. The van der Waals surface area contributed by atoms with Gasteiger partial charge in [-0.15, -0.1) is 0 Å². The van der Waals surface area contributed by atoms with Crippen LogP contribution in [0.25, 0.3) is 0 Å². The van der Waals surface area contributed by atoms with Crippen molar-refractivity contribution in [3.8, 4) is 11.6 Å². The van der Waals surface area contributed by atoms with E-state index in [1.165, 1.54) is 0 Å². The lowest BCUT2D eigenvalue weighted by molar-refractivity contribution is 0.461. The summed E-state index contributed by atoms with van der Waals surface area (Å²) in [6.45, 7) is 1.97. The molecule has 0 spiro atoms. The molecule has 0 saturated carbocycles. The maximum Gasteiger partial charge on any atom is 0.230 e. The van der Waals surface area contributed by atoms with Crippen molar-refractivity contribution in [1.82, 2.24) is 4.98 Å². The number of halogens is 1. The normalized spacial score (nSPS) is 10.1. The second kappa shape index (κ2) is 5.18. The summed E-state index contributed by atoms with van der Waals surface area (Å²) in [7, 11) is 0. The standard InChI is InChI=1S/C13H12BrN3O/c1-8-7-9(4-5-11(8)14)18-13-10(12(15)16)3-2-6-17-13/h2-7H,1H3,(H3,15,16). The van der Waals surface area contributed by atoms with Gasteiger partial charge in [-0.3, -0.25) is 5.41 Å². The smallest absolute Gasteiger partial charge is 0.230 e. The highest BCUT2D eigenvalue weighted by Gasteiger charge is 2.08. The first-order valence-electron chi connectivity index (χ1n) is 5.31. The fraction of sp³-hybridized carbons (Fsp3) is 0.0769. The van der Waals surface area contributed by atoms with Crippen molar-refractivity contribution in [2.24, 2.45) is 5.73 Å². The number of nitrogens with one attached hydrogen (secondary N) is 1. The van der Waals surface area contributed by atoms with Crippen LogP contribution in [0.4, 0.5) is 0 Å². The molecule has 2 aromatic rings. The lowest BCUT2D eigenvalue weighted by Gasteiger charge is -2.09. The molecule has 1 aromatic carbocycles. The largest absolute Gasteiger partial charge is 0.438 e. The maximum absolute atomic E-state index is 7.47. The van der Waals surface area contributed by atoms with Gasteiger partial charge in [0.05, 0.1) is 5.56 Å². The summed E-state index contributed by atoms with van der Waals surface area (Å²) in [5.41, 5.74) is 7.03. The average molecular weight is 306 g/mol. The second-order valence-corrected chi connectivity index (χ2v) is 4.64. The van der Waals surface area contributed by atoms with Gasteiger partial charge in [-0.05, 0) is 42.8 Å². The van der Waals surface area contributed by atoms with Crippen molar-refractivity contribution in [2.75, 3.05) is 0 Å². The van der Waals surface area contributed by atoms with Crippen LogP contribution in [-0.4, -0.2) is 10.8 Å². The highest BCUT2D eigenvalue weighted by Crippen LogP contribution is 2.26. The Morgan fingerprint density at radius 1 is 1.39 bits per heavy atom. The van der Waals surface area contributed by atoms with Crippen LogP contribution in [0, 0.1) is 12.3 Å². The molecule has 4 nitrogen and oxygen atoms in total. The Bertz CT molecular complexity index is 599. The quantitative estimate of drug-likeness (QED) is 0.675. The van der Waals surface area contributed by atoms with Crippen molar-refractivity contribution in [1.29, 1.82) is 5.41 Å². The number of nitrogen functional groups attached to an aromatic ring is 1. The molecule has 0 saturated heterocycles. The van der Waals surface area contributed by atoms with E-state index >= 15 is 0 Å². The van der Waals surface area contributed by atoms with E-state index in [9.17, 15) is 0 Å². The molecule has 0 aliphatic rings. The van der Waals surface area contributed by atoms with Crippen molar-refractivity contribution in [3.63, 3.8) is 0 Å². The Balaban J connectivity index is 2.34. The number of hydrogen-bond donors (Lipinski definition) is 2. The topological polar surface area (TPSA) is 72.0 Å². The Labute approximate surface area is 113 Å². The van der Waals surface area contributed by atoms with Crippen LogP contribution in [0.3, 0.4) is 0 Å². The van der Waals surface area contributed by atoms with Crippen molar-refractivity contribution >= 4 is 21.8 Å². The molecule has 0 unspecified atom stereocenters. The minimum absolute atomic E-state index is 0.0630. The molecule has 0 bridgehead atoms. The number of hydrogen-bond acceptors (Lipinski definition) is 3. The Kier molecular flexibility index (Phi) is 3.62. The van der Waals surface area contributed by atoms with Crippen LogP contribution < -0.4 is 10.5 Å². The summed E-state index contributed by atoms with van der Waals surface area (Å²) in [4.78, 5) is 4.09. The monoisotopic (exact) mass is 305 g/mol. The Hall–Kier alpha value is -1.88. The lowest BCUT2D eigenvalue weighted by Crippen LogP contribution is -2.12. The second-order valence-electron chi connectivity index (χ2n) is 3.78. The first-order chi connectivity index (χ1) is 8.58. The first kappa shape index (κ1) is 12.6. The molecule has 2 rings (SSSR count). The lowest BCUT2D eigenvalue weighted by atomic mass is 10.2. The van der Waals surface area contributed by atoms with E-state index < -0.39 is 0 Å². The van der Waals surface area contributed by atoms with Gasteiger partial charge in [0.1, 0.15) is 11.6 Å². The summed E-state index contributed by atoms with van der Waals surface area (Å²) in [6.07, 6.45) is 1.60. The maximum atomic E-state index is 7.47. The van der Waals surface area contributed by atoms with E-state index in [1.54, 1.807) is 18.3 Å². The number of rotatable bonds is 3. The van der Waals surface area contributed by atoms with Gasteiger partial charge >= 0.3 is 0 Å². The number of nitrogens with zero attached hydrogens (tertiary/aromatic N) is 1. The van der Waals surface area contributed by atoms with Gasteiger partial charge in [-0.1, -0.05) is 15.9 Å². The zero-order valence-corrected chi connectivity index (χ0v) is 11.4. The molecule has 0 aliphatic carbocycles. The zero-order valence-electron chi connectivity index (χ0n) is 9.77. The number of aryl methyl sites for hydroxylation is 1. The summed E-state index contributed by atoms with van der Waals surface area (Å²) in [6, 6.07) is 9.05. The highest BCUT2D eigenvalue weighted by atomic mass is 79.9. The number of aromatic nitrogens is 1. The fourth-order valence-electron chi connectivity index (χ4n) is 1.47. The van der Waals surface area contributed by atoms with Gasteiger partial charge in [-0.2, -0.15) is 0 Å². The molecule has 0 amide bonds. The molecular formula is C13H12BrN3O. The molecule has 0 atom stereocenters. The Morgan fingerprint density at radius 3 is 2.83 bits per heavy atom. The number of pyridine rings is 1. The third-order valence-electron chi connectivity index (χ3n) is 2.41. The van der Waals surface area contributed by atoms with Gasteiger partial charge in [-0.25, -0.2) is 4.98 Å². The number of benzene rings is 1. The van der Waals surface area contributed by atoms with Crippen molar-refractivity contribution in [3.05, 3.63) is 52.1 Å². The minimum atomic E-state index is -0.0630. The van der Waals surface area contributed by atoms with Gasteiger partial charge in [0, 0.05) is 10.7 Å². The molecular weight excluding hydrogens is 294 g/mol. The zero-order chi connectivity index (χ0) is 13.1. The number of ether oxygens (including phenoxy) is 1. The molecule has 1 heterocycles. The molecule has 0 radical (unpaired) electrons. The SMILES string of the molecule is Cc1cc(Oc2ncccc2C(=N)N)ccc1Br. The fourth-order valence-corrected chi connectivity index (χ4v) is 1.72. The van der Waals surface area contributed by atoms with E-state index in [-0.39, 0.29) is 5.84 Å². The number of nitrogens with two attached hydrogens (primary N) is 1. The Morgan fingerprint density at radius 2 is 2.17 bits per heavy atom. The molecule has 5 heteroatoms. The molecule has 0 fully saturated rings. The third-order valence-corrected chi connectivity index (χ3v) is 3.30. The first-order valence-corrected chi connectivity index (χ1v) is 6.10. The van der Waals surface area contributed by atoms with Gasteiger partial charge in [0.2, 0.25) is 5.88 Å². The number of amidine groups is 1. The summed E-state index contributed by atoms with van der Waals surface area (Å²) < 4.78 is 6.67. The van der Waals surface area contributed by atoms with Crippen molar-refractivity contribution in [2.45, 2.75) is 6.92 Å². The van der Waals surface area contributed by atoms with Crippen LogP contribution in [0.15, 0.2) is 41.0 Å². The minimum Gasteiger partial charge on any atom is -0.438 e. The van der Waals surface area contributed by atoms with E-state index in [2.05, 4.69) is 20.9 Å². The van der Waals surface area contributed by atoms with Crippen LogP contribution in [0.5, 0.6) is 11.6 Å². The van der Waals surface area contributed by atoms with Crippen LogP contribution in [0.2, 0.25) is 0 Å². The predicted molar refractivity (Wildman–Crippen MR) is 74.2 cm³/mol. The van der Waals surface area contributed by atoms with Crippen LogP contribution in [0.1, 0.15) is 11.1 Å². The van der Waals surface area contributed by atoms with Gasteiger partial charge < -0.3 is 10.5 Å². The summed E-state index contributed by atoms with van der Waals surface area (Å²) in [5.74, 6) is 0.940. The molecule has 92 valence electrons. The van der Waals surface area contributed by atoms with Crippen LogP contribution in [-0.2, 0) is 0 Å². The van der Waals surface area contributed by atoms with Crippen LogP contribution >= 0.6 is 15.9 Å². The predicted octanol–water partition coefficient (Wildman–Crippen LogP) is 3.23. The average Bonchev–Trinajstić information content (AvgIpc) is 2.34. The molecule has 18 heavy (non-hydrogen) atoms. The third kappa shape index (κ3) is 2.68. The molecule has 1 aromatic heterocycles. The van der Waals surface area contributed by atoms with E-state index in [4.69, 9.17) is 15.9 Å². The van der Waals surface area contributed by atoms with E-state index in [0.29, 0.717) is 17.2 Å². The summed E-state index contributed by atoms with van der Waals surface area (Å²) >= 11 is 3.43.